The van der Waals surface area contributed by atoms with Crippen molar-refractivity contribution < 1.29 is 35.5 Å². The van der Waals surface area contributed by atoms with E-state index in [-0.39, 0.29) is 42.3 Å². The van der Waals surface area contributed by atoms with E-state index < -0.39 is 68.1 Å². The van der Waals surface area contributed by atoms with Gasteiger partial charge in [-0.05, 0) is 38.4 Å². The number of ether oxygens (including phenoxy) is 1. The predicted octanol–water partition coefficient (Wildman–Crippen LogP) is 5.97. The average Bonchev–Trinajstić information content (AvgIpc) is 3.28. The van der Waals surface area contributed by atoms with Crippen LogP contribution in [0, 0.1) is 22.9 Å². The van der Waals surface area contributed by atoms with E-state index in [1.165, 1.54) is 0 Å². The Kier molecular flexibility index (Phi) is 7.77. The zero-order valence-corrected chi connectivity index (χ0v) is 24.6. The van der Waals surface area contributed by atoms with Gasteiger partial charge < -0.3 is 25.6 Å². The first-order valence-corrected chi connectivity index (χ1v) is 14.5. The lowest BCUT2D eigenvalue weighted by Crippen LogP contribution is -2.51. The highest BCUT2D eigenvalue weighted by Gasteiger charge is 2.42. The van der Waals surface area contributed by atoms with E-state index in [0.29, 0.717) is 32.2 Å². The van der Waals surface area contributed by atoms with Crippen molar-refractivity contribution in [3.8, 4) is 17.1 Å². The fourth-order valence-corrected chi connectivity index (χ4v) is 6.98. The molecule has 2 aromatic carbocycles. The minimum atomic E-state index is -5.29. The third-order valence-corrected chi connectivity index (χ3v) is 9.12. The van der Waals surface area contributed by atoms with Crippen LogP contribution in [0.15, 0.2) is 12.1 Å². The zero-order chi connectivity index (χ0) is 31.7. The molecular formula is C29H30ClF7N6O. The number of halogens is 8. The lowest BCUT2D eigenvalue weighted by molar-refractivity contribution is -0.137. The Morgan fingerprint density at radius 1 is 1.07 bits per heavy atom. The molecule has 0 aliphatic carbocycles. The van der Waals surface area contributed by atoms with Crippen molar-refractivity contribution in [1.29, 1.82) is 0 Å². The second kappa shape index (κ2) is 11.1. The summed E-state index contributed by atoms with van der Waals surface area (Å²) in [7, 11) is 1.84. The van der Waals surface area contributed by atoms with E-state index in [1.54, 1.807) is 11.8 Å². The number of nitrogens with one attached hydrogen (secondary N) is 1. The van der Waals surface area contributed by atoms with Crippen LogP contribution in [0.5, 0.6) is 6.01 Å². The van der Waals surface area contributed by atoms with Gasteiger partial charge >= 0.3 is 12.2 Å². The Labute approximate surface area is 253 Å². The molecule has 0 amide bonds. The molecule has 15 heteroatoms. The first-order valence-electron chi connectivity index (χ1n) is 14.2. The van der Waals surface area contributed by atoms with Gasteiger partial charge in [-0.1, -0.05) is 18.5 Å². The quantitative estimate of drug-likeness (QED) is 0.261. The number of benzene rings is 2. The molecule has 3 fully saturated rings. The molecule has 1 aromatic heterocycles. The standard InChI is InChI=1S/C29H30ClF7N6O/c1-28(11-42(2)6-5-19(28)32)12-44-27-40-25-15(26(41-27)43-9-13-3-4-14(10-43)39-13)7-17(31)20(24(25)34)21-22(29(35,36)37)16(30)8-18(38)23(21)33/h7-8,13-14,19,39H,3-6,9-12,38H2,1-2H3/t13-,14+,19?,28?. The summed E-state index contributed by atoms with van der Waals surface area (Å²) in [5.41, 5.74) is -1.43. The zero-order valence-electron chi connectivity index (χ0n) is 23.8. The number of piperidine rings is 1. The number of likely N-dealkylation sites (tertiary alicyclic amines) is 1. The summed E-state index contributed by atoms with van der Waals surface area (Å²) in [5, 5.41) is 2.27. The number of anilines is 2. The monoisotopic (exact) mass is 646 g/mol. The van der Waals surface area contributed by atoms with Crippen molar-refractivity contribution in [1.82, 2.24) is 20.2 Å². The molecule has 2 unspecified atom stereocenters. The number of nitrogens with two attached hydrogens (primary N) is 1. The van der Waals surface area contributed by atoms with Crippen LogP contribution in [0.4, 0.5) is 42.2 Å². The topological polar surface area (TPSA) is 79.5 Å². The highest BCUT2D eigenvalue weighted by molar-refractivity contribution is 6.32. The first kappa shape index (κ1) is 30.9. The number of fused-ring (bicyclic) bond motifs is 3. The average molecular weight is 647 g/mol. The molecule has 44 heavy (non-hydrogen) atoms. The minimum Gasteiger partial charge on any atom is -0.463 e. The van der Waals surface area contributed by atoms with Gasteiger partial charge in [-0.2, -0.15) is 23.1 Å². The highest BCUT2D eigenvalue weighted by Crippen LogP contribution is 2.47. The minimum absolute atomic E-state index is 0.0824. The molecule has 3 N–H and O–H groups in total. The molecule has 0 saturated carbocycles. The van der Waals surface area contributed by atoms with Crippen molar-refractivity contribution in [3.05, 3.63) is 40.2 Å². The van der Waals surface area contributed by atoms with Crippen LogP contribution in [0.2, 0.25) is 5.02 Å². The van der Waals surface area contributed by atoms with Crippen molar-refractivity contribution in [3.63, 3.8) is 0 Å². The maximum Gasteiger partial charge on any atom is 0.418 e. The number of hydrogen-bond donors (Lipinski definition) is 2. The van der Waals surface area contributed by atoms with Gasteiger partial charge in [0.1, 0.15) is 29.9 Å². The second-order valence-electron chi connectivity index (χ2n) is 12.3. The number of aromatic nitrogens is 2. The molecule has 2 bridgehead atoms. The number of nitrogens with zero attached hydrogens (tertiary/aromatic N) is 4. The van der Waals surface area contributed by atoms with Crippen LogP contribution < -0.4 is 20.7 Å². The smallest absolute Gasteiger partial charge is 0.418 e. The normalized spacial score (nSPS) is 26.0. The van der Waals surface area contributed by atoms with Gasteiger partial charge in [-0.15, -0.1) is 0 Å². The van der Waals surface area contributed by atoms with Gasteiger partial charge in [0.2, 0.25) is 0 Å². The van der Waals surface area contributed by atoms with E-state index in [9.17, 15) is 17.6 Å². The third-order valence-electron chi connectivity index (χ3n) is 8.82. The number of alkyl halides is 4. The third kappa shape index (κ3) is 5.38. The molecule has 4 atom stereocenters. The Bertz CT molecular complexity index is 1610. The number of nitrogen functional groups attached to an aromatic ring is 1. The van der Waals surface area contributed by atoms with E-state index >= 15 is 13.2 Å². The van der Waals surface area contributed by atoms with Gasteiger partial charge in [0.15, 0.2) is 11.6 Å². The maximum atomic E-state index is 16.4. The fraction of sp³-hybridized carbons (Fsp3) is 0.517. The van der Waals surface area contributed by atoms with Gasteiger partial charge in [0.25, 0.3) is 0 Å². The Morgan fingerprint density at radius 2 is 1.75 bits per heavy atom. The lowest BCUT2D eigenvalue weighted by atomic mass is 9.81. The number of piperazine rings is 1. The summed E-state index contributed by atoms with van der Waals surface area (Å²) >= 11 is 5.80. The Morgan fingerprint density at radius 3 is 2.41 bits per heavy atom. The van der Waals surface area contributed by atoms with Gasteiger partial charge in [-0.3, -0.25) is 0 Å². The Hall–Kier alpha value is -3.10. The fourth-order valence-electron chi connectivity index (χ4n) is 6.66. The highest BCUT2D eigenvalue weighted by atomic mass is 35.5. The summed E-state index contributed by atoms with van der Waals surface area (Å²) in [5.74, 6) is -4.66. The number of hydrogen-bond acceptors (Lipinski definition) is 7. The predicted molar refractivity (Wildman–Crippen MR) is 152 cm³/mol. The van der Waals surface area contributed by atoms with Crippen LogP contribution in [0.3, 0.4) is 0 Å². The SMILES string of the molecule is CN1CCC(F)C(C)(COc2nc(N3C[C@H]4CC[C@@H](C3)N4)c3cc(F)c(-c4c(F)c(N)cc(Cl)c4C(F)(F)F)c(F)c3n2)C1. The van der Waals surface area contributed by atoms with E-state index in [0.717, 1.165) is 18.9 Å². The number of rotatable bonds is 5. The molecule has 3 aliphatic heterocycles. The molecule has 0 radical (unpaired) electrons. The summed E-state index contributed by atoms with van der Waals surface area (Å²) < 4.78 is 111. The van der Waals surface area contributed by atoms with Crippen molar-refractivity contribution in [2.24, 2.45) is 5.41 Å². The van der Waals surface area contributed by atoms with Crippen LogP contribution in [0.1, 0.15) is 31.7 Å². The molecule has 6 rings (SSSR count). The van der Waals surface area contributed by atoms with E-state index in [2.05, 4.69) is 15.3 Å². The lowest BCUT2D eigenvalue weighted by Gasteiger charge is -2.40. The van der Waals surface area contributed by atoms with E-state index in [1.807, 2.05) is 11.9 Å². The van der Waals surface area contributed by atoms with Crippen LogP contribution in [-0.4, -0.2) is 73.0 Å². The molecule has 3 aromatic rings. The van der Waals surface area contributed by atoms with Crippen LogP contribution in [0.25, 0.3) is 22.0 Å². The second-order valence-corrected chi connectivity index (χ2v) is 12.7. The molecule has 7 nitrogen and oxygen atoms in total. The van der Waals surface area contributed by atoms with Gasteiger partial charge in [0, 0.05) is 54.6 Å². The van der Waals surface area contributed by atoms with Gasteiger partial charge in [-0.25, -0.2) is 17.6 Å². The summed E-state index contributed by atoms with van der Waals surface area (Å²) in [4.78, 5) is 12.3. The first-order chi connectivity index (χ1) is 20.7. The molecule has 238 valence electrons. The molecule has 3 aliphatic rings. The van der Waals surface area contributed by atoms with Crippen molar-refractivity contribution in [2.75, 3.05) is 50.5 Å². The molecule has 0 spiro atoms. The molecular weight excluding hydrogens is 617 g/mol. The Balaban J connectivity index is 1.53. The largest absolute Gasteiger partial charge is 0.463 e. The van der Waals surface area contributed by atoms with Crippen molar-refractivity contribution in [2.45, 2.75) is 50.6 Å². The van der Waals surface area contributed by atoms with Gasteiger partial charge in [0.05, 0.1) is 21.8 Å². The summed E-state index contributed by atoms with van der Waals surface area (Å²) in [6.45, 7) is 3.28. The molecule has 4 heterocycles. The summed E-state index contributed by atoms with van der Waals surface area (Å²) in [6, 6.07) is 1.10. The van der Waals surface area contributed by atoms with Crippen LogP contribution in [-0.2, 0) is 6.18 Å². The van der Waals surface area contributed by atoms with E-state index in [4.69, 9.17) is 22.1 Å². The van der Waals surface area contributed by atoms with Crippen molar-refractivity contribution >= 4 is 34.0 Å². The summed E-state index contributed by atoms with van der Waals surface area (Å²) in [6.07, 6.45) is -4.47. The van der Waals surface area contributed by atoms with Crippen LogP contribution >= 0.6 is 11.6 Å². The maximum absolute atomic E-state index is 16.4. The molecule has 3 saturated heterocycles.